The first-order valence-corrected chi connectivity index (χ1v) is 16.5. The Labute approximate surface area is 257 Å². The van der Waals surface area contributed by atoms with Gasteiger partial charge in [0.2, 0.25) is 5.91 Å². The molecule has 0 bridgehead atoms. The van der Waals surface area contributed by atoms with Crippen molar-refractivity contribution in [2.24, 2.45) is 10.6 Å². The summed E-state index contributed by atoms with van der Waals surface area (Å²) in [7, 11) is 3.61. The van der Waals surface area contributed by atoms with Gasteiger partial charge < -0.3 is 19.5 Å². The zero-order valence-electron chi connectivity index (χ0n) is 25.2. The quantitative estimate of drug-likeness (QED) is 0.293. The van der Waals surface area contributed by atoms with Crippen LogP contribution in [0.25, 0.3) is 22.2 Å². The molecule has 1 aromatic heterocycles. The maximum Gasteiger partial charge on any atom is 0.262 e. The van der Waals surface area contributed by atoms with E-state index < -0.39 is 5.41 Å². The molecule has 226 valence electrons. The molecule has 9 heteroatoms. The Morgan fingerprint density at radius 3 is 2.67 bits per heavy atom. The molecule has 8 nitrogen and oxygen atoms in total. The average Bonchev–Trinajstić information content (AvgIpc) is 3.56. The van der Waals surface area contributed by atoms with Crippen LogP contribution in [0.1, 0.15) is 91.6 Å². The van der Waals surface area contributed by atoms with E-state index in [1.54, 1.807) is 7.11 Å². The van der Waals surface area contributed by atoms with Gasteiger partial charge in [0.25, 0.3) is 5.91 Å². The number of rotatable bonds is 6. The fourth-order valence-electron chi connectivity index (χ4n) is 8.30. The molecule has 43 heavy (non-hydrogen) atoms. The number of carbonyl (C=O) groups excluding carboxylic acids is 2. The van der Waals surface area contributed by atoms with Crippen LogP contribution in [0.3, 0.4) is 0 Å². The van der Waals surface area contributed by atoms with E-state index in [-0.39, 0.29) is 23.8 Å². The van der Waals surface area contributed by atoms with Crippen LogP contribution in [-0.4, -0.2) is 41.5 Å². The minimum absolute atomic E-state index is 0.100. The van der Waals surface area contributed by atoms with Gasteiger partial charge in [-0.3, -0.25) is 19.5 Å². The Bertz CT molecular complexity index is 1640. The minimum atomic E-state index is -0.570. The number of methoxy groups -OCH3 is 1. The Kier molecular flexibility index (Phi) is 7.21. The number of hydrogen-bond acceptors (Lipinski definition) is 6. The zero-order chi connectivity index (χ0) is 29.9. The number of ether oxygens (including phenoxy) is 1. The van der Waals surface area contributed by atoms with E-state index >= 15 is 0 Å². The van der Waals surface area contributed by atoms with Crippen molar-refractivity contribution in [2.45, 2.75) is 82.7 Å². The number of allylic oxidation sites excluding steroid dienone is 1. The summed E-state index contributed by atoms with van der Waals surface area (Å²) in [4.78, 5) is 29.8. The van der Waals surface area contributed by atoms with Crippen LogP contribution >= 0.6 is 12.1 Å². The van der Waals surface area contributed by atoms with E-state index in [9.17, 15) is 9.59 Å². The van der Waals surface area contributed by atoms with Gasteiger partial charge in [0.1, 0.15) is 5.75 Å². The summed E-state index contributed by atoms with van der Waals surface area (Å²) in [6.07, 6.45) is 10.7. The van der Waals surface area contributed by atoms with E-state index in [4.69, 9.17) is 9.88 Å². The highest BCUT2D eigenvalue weighted by molar-refractivity contribution is 7.95. The molecule has 3 fully saturated rings. The topological polar surface area (TPSA) is 102 Å². The van der Waals surface area contributed by atoms with Crippen molar-refractivity contribution in [1.82, 2.24) is 19.5 Å². The monoisotopic (exact) mass is 599 g/mol. The van der Waals surface area contributed by atoms with E-state index in [0.29, 0.717) is 18.0 Å². The molecule has 2 aliphatic carbocycles. The van der Waals surface area contributed by atoms with Gasteiger partial charge in [0.05, 0.1) is 18.2 Å². The Morgan fingerprint density at radius 2 is 1.93 bits per heavy atom. The Hall–Kier alpha value is -3.43. The normalized spacial score (nSPS) is 25.6. The molecule has 1 saturated heterocycles. The number of benzene rings is 2. The molecule has 3 heterocycles. The molecule has 2 amide bonds. The van der Waals surface area contributed by atoms with Crippen molar-refractivity contribution in [3.05, 3.63) is 65.0 Å². The van der Waals surface area contributed by atoms with Crippen molar-refractivity contribution in [3.63, 3.8) is 0 Å². The van der Waals surface area contributed by atoms with Crippen LogP contribution in [0.5, 0.6) is 5.75 Å². The number of fused-ring (bicyclic) bond motifs is 7. The second kappa shape index (κ2) is 10.9. The summed E-state index contributed by atoms with van der Waals surface area (Å²) < 4.78 is 10.8. The lowest BCUT2D eigenvalue weighted by molar-refractivity contribution is -0.136. The highest BCUT2D eigenvalue weighted by Crippen LogP contribution is 2.66. The lowest BCUT2D eigenvalue weighted by Gasteiger charge is -2.29. The Morgan fingerprint density at radius 1 is 1.12 bits per heavy atom. The van der Waals surface area contributed by atoms with E-state index in [1.165, 1.54) is 47.0 Å². The van der Waals surface area contributed by atoms with Crippen LogP contribution in [0.2, 0.25) is 0 Å². The molecular formula is C34H41N5O3S. The molecular weight excluding hydrogens is 558 g/mol. The molecule has 7 rings (SSSR count). The zero-order valence-corrected chi connectivity index (χ0v) is 26.1. The number of nitrogens with one attached hydrogen (secondary N) is 2. The highest BCUT2D eigenvalue weighted by Gasteiger charge is 2.64. The number of aromatic nitrogens is 1. The van der Waals surface area contributed by atoms with Gasteiger partial charge in [0.15, 0.2) is 0 Å². The number of nitrogens with zero attached hydrogens (tertiary/aromatic N) is 2. The maximum atomic E-state index is 14.8. The third-order valence-corrected chi connectivity index (χ3v) is 10.8. The van der Waals surface area contributed by atoms with Crippen molar-refractivity contribution in [1.29, 1.82) is 0 Å². The van der Waals surface area contributed by atoms with Crippen LogP contribution < -0.4 is 19.9 Å². The molecule has 2 aromatic carbocycles. The summed E-state index contributed by atoms with van der Waals surface area (Å²) in [6, 6.07) is 12.6. The van der Waals surface area contributed by atoms with Crippen molar-refractivity contribution < 1.29 is 14.3 Å². The van der Waals surface area contributed by atoms with E-state index in [1.807, 2.05) is 25.4 Å². The predicted molar refractivity (Wildman–Crippen MR) is 171 cm³/mol. The second-order valence-corrected chi connectivity index (χ2v) is 13.3. The van der Waals surface area contributed by atoms with Crippen LogP contribution in [0.15, 0.2) is 48.3 Å². The van der Waals surface area contributed by atoms with Gasteiger partial charge in [-0.05, 0) is 86.4 Å². The predicted octanol–water partition coefficient (Wildman–Crippen LogP) is 6.18. The smallest absolute Gasteiger partial charge is 0.262 e. The minimum Gasteiger partial charge on any atom is -0.497 e. The molecule has 2 saturated carbocycles. The van der Waals surface area contributed by atoms with Gasteiger partial charge in [-0.1, -0.05) is 25.3 Å². The number of amides is 2. The standard InChI is InChI=1S/C34H41N5O3S/c1-20-9-11-23(18-36-2)39(20)33(41)34-17-28(34)27-16-24(42-3)12-14-25(27)31-30(21-7-5-4-6-8-21)26-13-10-22(32(40)37-43-35)15-29(26)38(31)19-34/h10,12-16,18,20-21,28,36H,4-9,11,17,19,35H2,1-3H3,(H,37,40)/b23-18+. The summed E-state index contributed by atoms with van der Waals surface area (Å²) in [5.74, 6) is 1.35. The van der Waals surface area contributed by atoms with Crippen molar-refractivity contribution in [3.8, 4) is 17.0 Å². The van der Waals surface area contributed by atoms with Gasteiger partial charge >= 0.3 is 0 Å². The highest BCUT2D eigenvalue weighted by atomic mass is 32.2. The lowest BCUT2D eigenvalue weighted by atomic mass is 9.81. The molecule has 3 aromatic rings. The lowest BCUT2D eigenvalue weighted by Crippen LogP contribution is -2.41. The van der Waals surface area contributed by atoms with Gasteiger partial charge in [-0.2, -0.15) is 0 Å². The number of carbonyl (C=O) groups is 2. The van der Waals surface area contributed by atoms with Crippen LogP contribution in [0.4, 0.5) is 0 Å². The summed E-state index contributed by atoms with van der Waals surface area (Å²) in [5, 5.41) is 9.94. The maximum absolute atomic E-state index is 14.8. The molecule has 4 N–H and O–H groups in total. The summed E-state index contributed by atoms with van der Waals surface area (Å²) >= 11 is 0.814. The first kappa shape index (κ1) is 28.3. The third-order valence-electron chi connectivity index (χ3n) is 10.5. The van der Waals surface area contributed by atoms with Crippen LogP contribution in [0, 0.1) is 5.41 Å². The fraction of sp³-hybridized carbons (Fsp3) is 0.471. The summed E-state index contributed by atoms with van der Waals surface area (Å²) in [5.41, 5.74) is 7.06. The third kappa shape index (κ3) is 4.46. The van der Waals surface area contributed by atoms with Gasteiger partial charge in [-0.25, -0.2) is 0 Å². The Balaban J connectivity index is 1.47. The van der Waals surface area contributed by atoms with Crippen LogP contribution in [-0.2, 0) is 11.3 Å². The average molecular weight is 600 g/mol. The number of nitrogens with two attached hydrogens (primary N) is 1. The largest absolute Gasteiger partial charge is 0.497 e. The first-order valence-electron chi connectivity index (χ1n) is 15.6. The van der Waals surface area contributed by atoms with E-state index in [0.717, 1.165) is 61.2 Å². The fourth-order valence-corrected chi connectivity index (χ4v) is 8.53. The molecule has 2 aliphatic heterocycles. The van der Waals surface area contributed by atoms with E-state index in [2.05, 4.69) is 50.7 Å². The molecule has 0 spiro atoms. The first-order chi connectivity index (χ1) is 20.9. The number of hydrogen-bond donors (Lipinski definition) is 3. The number of likely N-dealkylation sites (tertiary alicyclic amines) is 1. The molecule has 3 atom stereocenters. The van der Waals surface area contributed by atoms with Crippen molar-refractivity contribution in [2.75, 3.05) is 14.2 Å². The SMILES string of the molecule is CN/C=C1\CCC(C)N1C(=O)C12CC1c1cc(OC)ccc1-c1c(C3CCCCC3)c3ccc(C(=O)NSN)cc3n1C2. The van der Waals surface area contributed by atoms with Gasteiger partial charge in [0, 0.05) is 71.6 Å². The van der Waals surface area contributed by atoms with Gasteiger partial charge in [-0.15, -0.1) is 0 Å². The molecule has 3 unspecified atom stereocenters. The molecule has 4 aliphatic rings. The summed E-state index contributed by atoms with van der Waals surface area (Å²) in [6.45, 7) is 2.74. The molecule has 0 radical (unpaired) electrons. The second-order valence-electron chi connectivity index (χ2n) is 12.8. The van der Waals surface area contributed by atoms with Crippen molar-refractivity contribution >= 4 is 34.9 Å².